The van der Waals surface area contributed by atoms with Gasteiger partial charge >= 0.3 is 0 Å². The summed E-state index contributed by atoms with van der Waals surface area (Å²) < 4.78 is 0. The molecule has 3 rings (SSSR count). The van der Waals surface area contributed by atoms with E-state index in [2.05, 4.69) is 63.2 Å². The summed E-state index contributed by atoms with van der Waals surface area (Å²) in [5, 5.41) is 3.34. The number of hydrogen-bond donors (Lipinski definition) is 2. The highest BCUT2D eigenvalue weighted by Gasteiger charge is 2.20. The zero-order valence-electron chi connectivity index (χ0n) is 15.9. The monoisotopic (exact) mass is 354 g/mol. The van der Waals surface area contributed by atoms with E-state index in [0.29, 0.717) is 11.5 Å². The highest BCUT2D eigenvalue weighted by atomic mass is 15.3. The molecule has 1 saturated heterocycles. The predicted molar refractivity (Wildman–Crippen MR) is 109 cm³/mol. The summed E-state index contributed by atoms with van der Waals surface area (Å²) in [6.07, 6.45) is 5.16. The summed E-state index contributed by atoms with van der Waals surface area (Å²) >= 11 is 0. The Labute approximate surface area is 156 Å². The number of nitrogens with one attached hydrogen (secondary N) is 1. The first kappa shape index (κ1) is 18.5. The molecular weight excluding hydrogens is 324 g/mol. The lowest BCUT2D eigenvalue weighted by atomic mass is 10.1. The summed E-state index contributed by atoms with van der Waals surface area (Å²) in [5.41, 5.74) is 9.36. The van der Waals surface area contributed by atoms with Crippen molar-refractivity contribution in [3.8, 4) is 0 Å². The number of hydrogen-bond acceptors (Lipinski definition) is 6. The maximum Gasteiger partial charge on any atom is 0.159 e. The molecule has 0 spiro atoms. The van der Waals surface area contributed by atoms with Gasteiger partial charge in [0.05, 0.1) is 0 Å². The van der Waals surface area contributed by atoms with Crippen molar-refractivity contribution in [2.75, 3.05) is 48.7 Å². The SMILES string of the molecule is CCCCc1ccc(Nc2ncnc(N3CCN(CC)CC3)c2N)cc1. The number of piperazine rings is 1. The van der Waals surface area contributed by atoms with Crippen LogP contribution in [0.3, 0.4) is 0 Å². The molecule has 6 heteroatoms. The molecule has 1 aliphatic heterocycles. The number of aryl methyl sites for hydroxylation is 1. The number of unbranched alkanes of at least 4 members (excludes halogenated alkanes) is 1. The average molecular weight is 355 g/mol. The molecule has 1 aromatic heterocycles. The van der Waals surface area contributed by atoms with Crippen LogP contribution in [-0.4, -0.2) is 47.6 Å². The van der Waals surface area contributed by atoms with E-state index in [1.165, 1.54) is 18.4 Å². The second kappa shape index (κ2) is 8.85. The topological polar surface area (TPSA) is 70.3 Å². The van der Waals surface area contributed by atoms with Crippen LogP contribution in [0.5, 0.6) is 0 Å². The maximum atomic E-state index is 6.38. The molecule has 0 unspecified atom stereocenters. The Balaban J connectivity index is 1.69. The average Bonchev–Trinajstić information content (AvgIpc) is 2.69. The third-order valence-electron chi connectivity index (χ3n) is 5.02. The highest BCUT2D eigenvalue weighted by molar-refractivity contribution is 5.78. The fraction of sp³-hybridized carbons (Fsp3) is 0.500. The van der Waals surface area contributed by atoms with Crippen molar-refractivity contribution in [2.45, 2.75) is 33.1 Å². The van der Waals surface area contributed by atoms with Gasteiger partial charge in [-0.25, -0.2) is 9.97 Å². The molecule has 3 N–H and O–H groups in total. The third kappa shape index (κ3) is 4.43. The molecule has 0 saturated carbocycles. The van der Waals surface area contributed by atoms with Crippen LogP contribution in [0, 0.1) is 0 Å². The van der Waals surface area contributed by atoms with Gasteiger partial charge in [0, 0.05) is 31.9 Å². The molecule has 0 bridgehead atoms. The molecule has 2 aromatic rings. The largest absolute Gasteiger partial charge is 0.393 e. The van der Waals surface area contributed by atoms with Gasteiger partial charge in [-0.3, -0.25) is 0 Å². The van der Waals surface area contributed by atoms with Gasteiger partial charge in [-0.1, -0.05) is 32.4 Å². The first-order valence-electron chi connectivity index (χ1n) is 9.65. The minimum absolute atomic E-state index is 0.618. The molecule has 0 aliphatic carbocycles. The second-order valence-electron chi connectivity index (χ2n) is 6.81. The Morgan fingerprint density at radius 2 is 1.77 bits per heavy atom. The Morgan fingerprint density at radius 1 is 1.04 bits per heavy atom. The normalized spacial score (nSPS) is 15.2. The Hall–Kier alpha value is -2.34. The van der Waals surface area contributed by atoms with E-state index >= 15 is 0 Å². The maximum absolute atomic E-state index is 6.38. The number of nitrogen functional groups attached to an aromatic ring is 1. The summed E-state index contributed by atoms with van der Waals surface area (Å²) in [5.74, 6) is 1.51. The lowest BCUT2D eigenvalue weighted by Gasteiger charge is -2.35. The summed E-state index contributed by atoms with van der Waals surface area (Å²) in [4.78, 5) is 13.5. The second-order valence-corrected chi connectivity index (χ2v) is 6.81. The molecule has 0 radical (unpaired) electrons. The zero-order chi connectivity index (χ0) is 18.4. The number of rotatable bonds is 7. The first-order valence-corrected chi connectivity index (χ1v) is 9.65. The molecule has 1 aromatic carbocycles. The van der Waals surface area contributed by atoms with Crippen LogP contribution in [0.4, 0.5) is 23.0 Å². The van der Waals surface area contributed by atoms with Crippen LogP contribution in [0.25, 0.3) is 0 Å². The van der Waals surface area contributed by atoms with Crippen molar-refractivity contribution in [2.24, 2.45) is 0 Å². The van der Waals surface area contributed by atoms with E-state index in [0.717, 1.165) is 50.6 Å². The number of aromatic nitrogens is 2. The van der Waals surface area contributed by atoms with Crippen molar-refractivity contribution in [3.05, 3.63) is 36.2 Å². The third-order valence-corrected chi connectivity index (χ3v) is 5.02. The van der Waals surface area contributed by atoms with E-state index in [1.807, 2.05) is 0 Å². The molecule has 6 nitrogen and oxygen atoms in total. The quantitative estimate of drug-likeness (QED) is 0.795. The van der Waals surface area contributed by atoms with Gasteiger partial charge in [0.2, 0.25) is 0 Å². The minimum Gasteiger partial charge on any atom is -0.393 e. The van der Waals surface area contributed by atoms with Crippen LogP contribution in [0.2, 0.25) is 0 Å². The van der Waals surface area contributed by atoms with E-state index in [-0.39, 0.29) is 0 Å². The summed E-state index contributed by atoms with van der Waals surface area (Å²) in [6.45, 7) is 9.48. The van der Waals surface area contributed by atoms with Gasteiger partial charge in [0.15, 0.2) is 11.6 Å². The molecule has 26 heavy (non-hydrogen) atoms. The number of anilines is 4. The Kier molecular flexibility index (Phi) is 6.28. The minimum atomic E-state index is 0.618. The molecule has 140 valence electrons. The fourth-order valence-corrected chi connectivity index (χ4v) is 3.29. The lowest BCUT2D eigenvalue weighted by molar-refractivity contribution is 0.270. The van der Waals surface area contributed by atoms with Gasteiger partial charge in [-0.2, -0.15) is 0 Å². The van der Waals surface area contributed by atoms with Crippen LogP contribution >= 0.6 is 0 Å². The fourth-order valence-electron chi connectivity index (χ4n) is 3.29. The molecule has 1 fully saturated rings. The van der Waals surface area contributed by atoms with Gasteiger partial charge in [-0.15, -0.1) is 0 Å². The van der Waals surface area contributed by atoms with Gasteiger partial charge in [-0.05, 0) is 37.1 Å². The standard InChI is InChI=1S/C20H30N6/c1-3-5-6-16-7-9-17(10-8-16)24-19-18(21)20(23-15-22-19)26-13-11-25(4-2)12-14-26/h7-10,15H,3-6,11-14,21H2,1-2H3,(H,22,23,24). The lowest BCUT2D eigenvalue weighted by Crippen LogP contribution is -2.46. The molecule has 0 atom stereocenters. The smallest absolute Gasteiger partial charge is 0.159 e. The van der Waals surface area contributed by atoms with Gasteiger partial charge in [0.25, 0.3) is 0 Å². The van der Waals surface area contributed by atoms with Crippen molar-refractivity contribution >= 4 is 23.0 Å². The summed E-state index contributed by atoms with van der Waals surface area (Å²) in [7, 11) is 0. The molecule has 0 amide bonds. The molecule has 2 heterocycles. The van der Waals surface area contributed by atoms with Crippen molar-refractivity contribution in [1.29, 1.82) is 0 Å². The van der Waals surface area contributed by atoms with E-state index in [1.54, 1.807) is 6.33 Å². The number of nitrogens with zero attached hydrogens (tertiary/aromatic N) is 4. The van der Waals surface area contributed by atoms with Crippen LogP contribution in [0.1, 0.15) is 32.3 Å². The van der Waals surface area contributed by atoms with Gasteiger partial charge < -0.3 is 20.9 Å². The van der Waals surface area contributed by atoms with Crippen LogP contribution in [-0.2, 0) is 6.42 Å². The van der Waals surface area contributed by atoms with E-state index in [9.17, 15) is 0 Å². The van der Waals surface area contributed by atoms with Crippen molar-refractivity contribution < 1.29 is 0 Å². The van der Waals surface area contributed by atoms with Crippen LogP contribution < -0.4 is 16.0 Å². The van der Waals surface area contributed by atoms with Crippen molar-refractivity contribution in [1.82, 2.24) is 14.9 Å². The van der Waals surface area contributed by atoms with E-state index in [4.69, 9.17) is 5.73 Å². The molecule has 1 aliphatic rings. The van der Waals surface area contributed by atoms with Crippen molar-refractivity contribution in [3.63, 3.8) is 0 Å². The highest BCUT2D eigenvalue weighted by Crippen LogP contribution is 2.29. The van der Waals surface area contributed by atoms with Gasteiger partial charge in [0.1, 0.15) is 12.0 Å². The molecular formula is C20H30N6. The predicted octanol–water partition coefficient (Wildman–Crippen LogP) is 3.29. The number of nitrogens with two attached hydrogens (primary N) is 1. The first-order chi connectivity index (χ1) is 12.7. The van der Waals surface area contributed by atoms with Crippen LogP contribution in [0.15, 0.2) is 30.6 Å². The number of benzene rings is 1. The zero-order valence-corrected chi connectivity index (χ0v) is 15.9. The Bertz CT molecular complexity index is 692. The Morgan fingerprint density at radius 3 is 2.42 bits per heavy atom. The number of likely N-dealkylation sites (N-methyl/N-ethyl adjacent to an activating group) is 1. The van der Waals surface area contributed by atoms with E-state index < -0.39 is 0 Å². The summed E-state index contributed by atoms with van der Waals surface area (Å²) in [6, 6.07) is 8.51.